The summed E-state index contributed by atoms with van der Waals surface area (Å²) in [5, 5.41) is 0. The Labute approximate surface area is 104 Å². The van der Waals surface area contributed by atoms with Crippen LogP contribution in [0.15, 0.2) is 30.6 Å². The van der Waals surface area contributed by atoms with Gasteiger partial charge in [0.2, 0.25) is 0 Å². The fourth-order valence-electron chi connectivity index (χ4n) is 1.89. The molecule has 1 unspecified atom stereocenters. The van der Waals surface area contributed by atoms with Crippen LogP contribution in [0.2, 0.25) is 0 Å². The number of nitrogens with zero attached hydrogens (tertiary/aromatic N) is 2. The van der Waals surface area contributed by atoms with Crippen molar-refractivity contribution in [3.63, 3.8) is 0 Å². The zero-order valence-corrected chi connectivity index (χ0v) is 10.1. The number of imidazole rings is 1. The summed E-state index contributed by atoms with van der Waals surface area (Å²) in [5.74, 6) is -0.296. The minimum Gasteiger partial charge on any atom is -0.338 e. The van der Waals surface area contributed by atoms with Crippen molar-refractivity contribution in [2.45, 2.75) is 18.9 Å². The van der Waals surface area contributed by atoms with Gasteiger partial charge in [0.15, 0.2) is 0 Å². The fraction of sp³-hybridized carbons (Fsp3) is 0.308. The first-order valence-electron chi connectivity index (χ1n) is 5.72. The van der Waals surface area contributed by atoms with E-state index in [9.17, 15) is 8.78 Å². The van der Waals surface area contributed by atoms with Crippen LogP contribution < -0.4 is 5.73 Å². The summed E-state index contributed by atoms with van der Waals surface area (Å²) in [6, 6.07) is 3.47. The first-order chi connectivity index (χ1) is 8.58. The van der Waals surface area contributed by atoms with Crippen LogP contribution in [0.4, 0.5) is 8.78 Å². The summed E-state index contributed by atoms with van der Waals surface area (Å²) >= 11 is 0. The number of benzene rings is 1. The van der Waals surface area contributed by atoms with Crippen LogP contribution >= 0.6 is 0 Å². The van der Waals surface area contributed by atoms with E-state index in [1.54, 1.807) is 6.20 Å². The molecule has 1 aromatic carbocycles. The molecule has 18 heavy (non-hydrogen) atoms. The van der Waals surface area contributed by atoms with E-state index in [-0.39, 0.29) is 18.0 Å². The number of rotatable bonds is 4. The summed E-state index contributed by atoms with van der Waals surface area (Å²) in [5.41, 5.74) is 5.96. The molecule has 0 fully saturated rings. The van der Waals surface area contributed by atoms with E-state index in [4.69, 9.17) is 5.73 Å². The first-order valence-corrected chi connectivity index (χ1v) is 5.72. The molecule has 0 bridgehead atoms. The second-order valence-corrected chi connectivity index (χ2v) is 4.32. The molecule has 2 N–H and O–H groups in total. The number of aryl methyl sites for hydroxylation is 1. The molecule has 0 amide bonds. The molecule has 0 aliphatic carbocycles. The molecule has 0 aliphatic rings. The van der Waals surface area contributed by atoms with Gasteiger partial charge in [0.25, 0.3) is 0 Å². The van der Waals surface area contributed by atoms with Crippen LogP contribution in [-0.2, 0) is 19.9 Å². The van der Waals surface area contributed by atoms with Crippen molar-refractivity contribution >= 4 is 0 Å². The van der Waals surface area contributed by atoms with Crippen molar-refractivity contribution in [3.8, 4) is 0 Å². The molecule has 0 radical (unpaired) electrons. The normalized spacial score (nSPS) is 12.7. The predicted octanol–water partition coefficient (Wildman–Crippen LogP) is 1.81. The average molecular weight is 251 g/mol. The van der Waals surface area contributed by atoms with Crippen molar-refractivity contribution in [3.05, 3.63) is 53.6 Å². The summed E-state index contributed by atoms with van der Waals surface area (Å²) in [6.45, 7) is 0. The van der Waals surface area contributed by atoms with Crippen LogP contribution in [-0.4, -0.2) is 15.6 Å². The minimum absolute atomic E-state index is 0.0409. The predicted molar refractivity (Wildman–Crippen MR) is 64.9 cm³/mol. The van der Waals surface area contributed by atoms with E-state index >= 15 is 0 Å². The average Bonchev–Trinajstić information content (AvgIpc) is 2.70. The molecule has 0 saturated carbocycles. The molecule has 0 spiro atoms. The van der Waals surface area contributed by atoms with E-state index < -0.39 is 11.6 Å². The zero-order chi connectivity index (χ0) is 13.1. The third-order valence-corrected chi connectivity index (χ3v) is 2.89. The summed E-state index contributed by atoms with van der Waals surface area (Å²) in [7, 11) is 1.86. The third kappa shape index (κ3) is 2.73. The topological polar surface area (TPSA) is 43.8 Å². The van der Waals surface area contributed by atoms with Gasteiger partial charge in [-0.1, -0.05) is 6.07 Å². The van der Waals surface area contributed by atoms with Crippen LogP contribution in [0.5, 0.6) is 0 Å². The van der Waals surface area contributed by atoms with Gasteiger partial charge in [-0.05, 0) is 18.6 Å². The first kappa shape index (κ1) is 12.7. The Balaban J connectivity index is 2.08. The van der Waals surface area contributed by atoms with E-state index in [0.29, 0.717) is 6.42 Å². The Morgan fingerprint density at radius 2 is 1.94 bits per heavy atom. The van der Waals surface area contributed by atoms with Crippen molar-refractivity contribution in [2.24, 2.45) is 12.8 Å². The van der Waals surface area contributed by atoms with E-state index in [1.165, 1.54) is 18.2 Å². The monoisotopic (exact) mass is 251 g/mol. The second-order valence-electron chi connectivity index (χ2n) is 4.32. The highest BCUT2D eigenvalue weighted by atomic mass is 19.1. The lowest BCUT2D eigenvalue weighted by Crippen LogP contribution is -2.27. The number of hydrogen-bond donors (Lipinski definition) is 1. The Morgan fingerprint density at radius 1 is 1.28 bits per heavy atom. The molecule has 1 heterocycles. The van der Waals surface area contributed by atoms with Gasteiger partial charge in [-0.2, -0.15) is 0 Å². The lowest BCUT2D eigenvalue weighted by atomic mass is 10.0. The highest BCUT2D eigenvalue weighted by molar-refractivity contribution is 5.21. The van der Waals surface area contributed by atoms with Gasteiger partial charge < -0.3 is 10.3 Å². The maximum absolute atomic E-state index is 13.5. The molecule has 1 aromatic heterocycles. The lowest BCUT2D eigenvalue weighted by molar-refractivity contribution is 0.528. The van der Waals surface area contributed by atoms with Crippen molar-refractivity contribution < 1.29 is 8.78 Å². The Hall–Kier alpha value is -1.75. The zero-order valence-electron chi connectivity index (χ0n) is 10.1. The Morgan fingerprint density at radius 3 is 2.50 bits per heavy atom. The van der Waals surface area contributed by atoms with Gasteiger partial charge in [-0.3, -0.25) is 0 Å². The third-order valence-electron chi connectivity index (χ3n) is 2.89. The van der Waals surface area contributed by atoms with Gasteiger partial charge in [0.1, 0.15) is 17.5 Å². The minimum atomic E-state index is -0.551. The molecular weight excluding hydrogens is 236 g/mol. The van der Waals surface area contributed by atoms with Gasteiger partial charge in [-0.15, -0.1) is 0 Å². The molecule has 2 aromatic rings. The summed E-state index contributed by atoms with van der Waals surface area (Å²) in [4.78, 5) is 4.14. The number of halogens is 2. The lowest BCUT2D eigenvalue weighted by Gasteiger charge is -2.12. The van der Waals surface area contributed by atoms with Crippen molar-refractivity contribution in [1.82, 2.24) is 9.55 Å². The SMILES string of the molecule is Cn1ccnc1CC(N)Cc1c(F)cccc1F. The molecular formula is C13H15F2N3. The maximum atomic E-state index is 13.5. The van der Waals surface area contributed by atoms with Crippen LogP contribution in [0.25, 0.3) is 0 Å². The molecule has 5 heteroatoms. The Bertz CT molecular complexity index is 517. The van der Waals surface area contributed by atoms with E-state index in [2.05, 4.69) is 4.98 Å². The van der Waals surface area contributed by atoms with Gasteiger partial charge in [0.05, 0.1) is 0 Å². The van der Waals surface area contributed by atoms with E-state index in [1.807, 2.05) is 17.8 Å². The van der Waals surface area contributed by atoms with Crippen molar-refractivity contribution in [1.29, 1.82) is 0 Å². The fourth-order valence-corrected chi connectivity index (χ4v) is 1.89. The smallest absolute Gasteiger partial charge is 0.129 e. The maximum Gasteiger partial charge on any atom is 0.129 e. The molecule has 96 valence electrons. The van der Waals surface area contributed by atoms with Crippen LogP contribution in [0, 0.1) is 11.6 Å². The van der Waals surface area contributed by atoms with Gasteiger partial charge >= 0.3 is 0 Å². The molecule has 0 saturated heterocycles. The number of hydrogen-bond acceptors (Lipinski definition) is 2. The standard InChI is InChI=1S/C13H15F2N3/c1-18-6-5-17-13(18)8-9(16)7-10-11(14)3-2-4-12(10)15/h2-6,9H,7-8,16H2,1H3. The molecule has 3 nitrogen and oxygen atoms in total. The second kappa shape index (κ2) is 5.27. The summed E-state index contributed by atoms with van der Waals surface area (Å²) < 4.78 is 28.7. The van der Waals surface area contributed by atoms with Crippen molar-refractivity contribution in [2.75, 3.05) is 0 Å². The highest BCUT2D eigenvalue weighted by Crippen LogP contribution is 2.14. The largest absolute Gasteiger partial charge is 0.338 e. The number of nitrogens with two attached hydrogens (primary N) is 1. The van der Waals surface area contributed by atoms with Gasteiger partial charge in [-0.25, -0.2) is 13.8 Å². The molecule has 1 atom stereocenters. The Kier molecular flexibility index (Phi) is 3.72. The quantitative estimate of drug-likeness (QED) is 0.900. The summed E-state index contributed by atoms with van der Waals surface area (Å²) in [6.07, 6.45) is 4.13. The van der Waals surface area contributed by atoms with Crippen LogP contribution in [0.3, 0.4) is 0 Å². The highest BCUT2D eigenvalue weighted by Gasteiger charge is 2.14. The van der Waals surface area contributed by atoms with Gasteiger partial charge in [0, 0.05) is 37.5 Å². The molecule has 2 rings (SSSR count). The van der Waals surface area contributed by atoms with E-state index in [0.717, 1.165) is 5.82 Å². The van der Waals surface area contributed by atoms with Crippen LogP contribution in [0.1, 0.15) is 11.4 Å². The number of aromatic nitrogens is 2. The molecule has 0 aliphatic heterocycles.